The van der Waals surface area contributed by atoms with Gasteiger partial charge >= 0.3 is 0 Å². The van der Waals surface area contributed by atoms with E-state index < -0.39 is 10.0 Å². The van der Waals surface area contributed by atoms with E-state index in [4.69, 9.17) is 0 Å². The van der Waals surface area contributed by atoms with Gasteiger partial charge in [0.25, 0.3) is 11.8 Å². The van der Waals surface area contributed by atoms with Crippen molar-refractivity contribution in [3.63, 3.8) is 0 Å². The molecule has 34 heavy (non-hydrogen) atoms. The minimum absolute atomic E-state index is 0.186. The number of rotatable bonds is 5. The van der Waals surface area contributed by atoms with Gasteiger partial charge in [0.1, 0.15) is 5.00 Å². The highest BCUT2D eigenvalue weighted by atomic mass is 32.2. The molecule has 184 valence electrons. The van der Waals surface area contributed by atoms with Gasteiger partial charge in [0.15, 0.2) is 0 Å². The summed E-state index contributed by atoms with van der Waals surface area (Å²) >= 11 is 1.42. The molecule has 10 heteroatoms. The Bertz CT molecular complexity index is 1180. The van der Waals surface area contributed by atoms with E-state index in [1.54, 1.807) is 11.4 Å². The lowest BCUT2D eigenvalue weighted by molar-refractivity contribution is 0.0962. The van der Waals surface area contributed by atoms with Gasteiger partial charge in [-0.05, 0) is 61.6 Å². The Morgan fingerprint density at radius 3 is 2.32 bits per heavy atom. The first-order valence-electron chi connectivity index (χ1n) is 11.6. The molecule has 0 spiro atoms. The van der Waals surface area contributed by atoms with Crippen LogP contribution >= 0.6 is 11.3 Å². The average molecular weight is 505 g/mol. The van der Waals surface area contributed by atoms with Crippen molar-refractivity contribution in [3.05, 3.63) is 45.8 Å². The zero-order chi connectivity index (χ0) is 24.6. The number of nitrogens with zero attached hydrogens (tertiary/aromatic N) is 2. The molecule has 1 saturated heterocycles. The maximum Gasteiger partial charge on any atom is 0.256 e. The van der Waals surface area contributed by atoms with E-state index in [0.29, 0.717) is 41.1 Å². The number of thiophene rings is 1. The molecule has 2 aliphatic heterocycles. The molecule has 2 N–H and O–H groups in total. The molecule has 8 nitrogen and oxygen atoms in total. The van der Waals surface area contributed by atoms with Crippen LogP contribution in [0.1, 0.15) is 51.4 Å². The zero-order valence-corrected chi connectivity index (χ0v) is 21.7. The lowest BCUT2D eigenvalue weighted by Gasteiger charge is -2.34. The Hall–Kier alpha value is -2.27. The molecular weight excluding hydrogens is 472 g/mol. The molecule has 4 rings (SSSR count). The predicted octanol–water partition coefficient (Wildman–Crippen LogP) is 3.01. The Morgan fingerprint density at radius 1 is 1.06 bits per heavy atom. The van der Waals surface area contributed by atoms with Crippen molar-refractivity contribution in [3.8, 4) is 0 Å². The van der Waals surface area contributed by atoms with Crippen LogP contribution in [0.4, 0.5) is 5.00 Å². The fourth-order valence-electron chi connectivity index (χ4n) is 4.89. The van der Waals surface area contributed by atoms with E-state index in [2.05, 4.69) is 29.4 Å². The fraction of sp³-hybridized carbons (Fsp3) is 0.500. The van der Waals surface area contributed by atoms with Crippen LogP contribution in [-0.2, 0) is 23.0 Å². The number of hydrogen-bond donors (Lipinski definition) is 2. The van der Waals surface area contributed by atoms with Gasteiger partial charge in [-0.2, -0.15) is 4.31 Å². The first kappa shape index (κ1) is 24.8. The topological polar surface area (TPSA) is 98.8 Å². The number of carbonyl (C=O) groups is 2. The molecule has 0 aliphatic carbocycles. The van der Waals surface area contributed by atoms with Gasteiger partial charge in [0, 0.05) is 43.7 Å². The summed E-state index contributed by atoms with van der Waals surface area (Å²) in [5, 5.41) is 6.09. The van der Waals surface area contributed by atoms with Gasteiger partial charge in [0.2, 0.25) is 10.0 Å². The molecule has 1 aromatic carbocycles. The predicted molar refractivity (Wildman–Crippen MR) is 134 cm³/mol. The minimum Gasteiger partial charge on any atom is -0.355 e. The van der Waals surface area contributed by atoms with Gasteiger partial charge in [-0.1, -0.05) is 13.8 Å². The molecule has 0 radical (unpaired) electrons. The van der Waals surface area contributed by atoms with Crippen LogP contribution in [0, 0.1) is 11.8 Å². The van der Waals surface area contributed by atoms with Crippen molar-refractivity contribution in [2.24, 2.45) is 11.8 Å². The van der Waals surface area contributed by atoms with Crippen LogP contribution < -0.4 is 10.6 Å². The van der Waals surface area contributed by atoms with Crippen molar-refractivity contribution >= 4 is 38.2 Å². The van der Waals surface area contributed by atoms with Crippen molar-refractivity contribution in [1.29, 1.82) is 0 Å². The average Bonchev–Trinajstić information content (AvgIpc) is 3.14. The van der Waals surface area contributed by atoms with Crippen molar-refractivity contribution < 1.29 is 18.0 Å². The van der Waals surface area contributed by atoms with E-state index in [-0.39, 0.29) is 16.7 Å². The Balaban J connectivity index is 1.54. The zero-order valence-electron chi connectivity index (χ0n) is 20.1. The number of carbonyl (C=O) groups excluding carboxylic acids is 2. The number of benzene rings is 1. The van der Waals surface area contributed by atoms with Crippen LogP contribution in [0.5, 0.6) is 0 Å². The largest absolute Gasteiger partial charge is 0.355 e. The molecule has 0 bridgehead atoms. The SMILES string of the molecule is CNC(=O)c1c(NC(=O)c2ccc(S(=O)(=O)N3CC(C)CC(C)C3)cc2)sc2c1CCN(C)C2. The van der Waals surface area contributed by atoms with Gasteiger partial charge in [-0.25, -0.2) is 8.42 Å². The van der Waals surface area contributed by atoms with Crippen LogP contribution in [-0.4, -0.2) is 63.2 Å². The number of nitrogens with one attached hydrogen (secondary N) is 2. The molecule has 2 unspecified atom stereocenters. The third kappa shape index (κ3) is 4.91. The van der Waals surface area contributed by atoms with Crippen molar-refractivity contribution in [2.45, 2.75) is 38.1 Å². The maximum atomic E-state index is 13.1. The standard InChI is InChI=1S/C24H32N4O4S2/c1-15-11-16(2)13-28(12-15)34(31,32)18-7-5-17(6-8-18)22(29)26-24-21(23(30)25-3)19-9-10-27(4)14-20(19)33-24/h5-8,15-16H,9-14H2,1-4H3,(H,25,30)(H,26,29). The summed E-state index contributed by atoms with van der Waals surface area (Å²) in [4.78, 5) is 29.0. The second-order valence-electron chi connectivity index (χ2n) is 9.52. The van der Waals surface area contributed by atoms with E-state index >= 15 is 0 Å². The summed E-state index contributed by atoms with van der Waals surface area (Å²) in [6.07, 6.45) is 1.77. The number of likely N-dealkylation sites (N-methyl/N-ethyl adjacent to an activating group) is 1. The first-order chi connectivity index (χ1) is 16.1. The highest BCUT2D eigenvalue weighted by molar-refractivity contribution is 7.89. The Kier molecular flexibility index (Phi) is 7.14. The molecule has 1 aromatic heterocycles. The molecule has 2 amide bonds. The smallest absolute Gasteiger partial charge is 0.256 e. The number of fused-ring (bicyclic) bond motifs is 1. The minimum atomic E-state index is -3.61. The Labute approximate surface area is 205 Å². The van der Waals surface area contributed by atoms with E-state index in [9.17, 15) is 18.0 Å². The van der Waals surface area contributed by atoms with E-state index in [1.165, 1.54) is 35.6 Å². The van der Waals surface area contributed by atoms with E-state index in [1.807, 2.05) is 7.05 Å². The second kappa shape index (κ2) is 9.77. The number of sulfonamides is 1. The van der Waals surface area contributed by atoms with Gasteiger partial charge < -0.3 is 15.5 Å². The summed E-state index contributed by atoms with van der Waals surface area (Å²) in [5.74, 6) is 0.0362. The lowest BCUT2D eigenvalue weighted by atomic mass is 9.94. The molecular formula is C24H32N4O4S2. The number of piperidine rings is 1. The fourth-order valence-corrected chi connectivity index (χ4v) is 7.89. The third-order valence-corrected chi connectivity index (χ3v) is 9.50. The number of hydrogen-bond acceptors (Lipinski definition) is 6. The summed E-state index contributed by atoms with van der Waals surface area (Å²) < 4.78 is 27.8. The molecule has 2 atom stereocenters. The molecule has 3 heterocycles. The monoisotopic (exact) mass is 504 g/mol. The van der Waals surface area contributed by atoms with Crippen molar-refractivity contribution in [1.82, 2.24) is 14.5 Å². The molecule has 0 saturated carbocycles. The lowest BCUT2D eigenvalue weighted by Crippen LogP contribution is -2.42. The third-order valence-electron chi connectivity index (χ3n) is 6.52. The normalized spacial score (nSPS) is 21.6. The van der Waals surface area contributed by atoms with Gasteiger partial charge in [0.05, 0.1) is 10.5 Å². The number of anilines is 1. The van der Waals surface area contributed by atoms with Crippen LogP contribution in [0.25, 0.3) is 0 Å². The summed E-state index contributed by atoms with van der Waals surface area (Å²) in [6.45, 7) is 6.74. The van der Waals surface area contributed by atoms with Gasteiger partial charge in [-0.3, -0.25) is 9.59 Å². The maximum absolute atomic E-state index is 13.1. The quantitative estimate of drug-likeness (QED) is 0.652. The summed E-state index contributed by atoms with van der Waals surface area (Å²) in [7, 11) is -0.00344. The summed E-state index contributed by atoms with van der Waals surface area (Å²) in [6, 6.07) is 6.03. The van der Waals surface area contributed by atoms with Crippen LogP contribution in [0.2, 0.25) is 0 Å². The van der Waals surface area contributed by atoms with Crippen LogP contribution in [0.15, 0.2) is 29.2 Å². The number of amides is 2. The first-order valence-corrected chi connectivity index (χ1v) is 13.8. The Morgan fingerprint density at radius 2 is 1.71 bits per heavy atom. The summed E-state index contributed by atoms with van der Waals surface area (Å²) in [5.41, 5.74) is 1.85. The molecule has 2 aliphatic rings. The van der Waals surface area contributed by atoms with E-state index in [0.717, 1.165) is 36.4 Å². The molecule has 1 fully saturated rings. The molecule has 2 aromatic rings. The van der Waals surface area contributed by atoms with Gasteiger partial charge in [-0.15, -0.1) is 11.3 Å². The van der Waals surface area contributed by atoms with Crippen molar-refractivity contribution in [2.75, 3.05) is 39.0 Å². The highest BCUT2D eigenvalue weighted by Gasteiger charge is 2.32. The second-order valence-corrected chi connectivity index (χ2v) is 12.6. The van der Waals surface area contributed by atoms with Crippen LogP contribution in [0.3, 0.4) is 0 Å². The highest BCUT2D eigenvalue weighted by Crippen LogP contribution is 2.37.